The van der Waals surface area contributed by atoms with Crippen molar-refractivity contribution in [2.75, 3.05) is 13.6 Å². The van der Waals surface area contributed by atoms with Gasteiger partial charge in [-0.1, -0.05) is 32.9 Å². The summed E-state index contributed by atoms with van der Waals surface area (Å²) < 4.78 is 1.86. The standard InChI is InChI=1S/C22H30N6S/c1-16(17-8-6-9-18(14-17)28-13-7-11-25-28)26-21(23-5)24-12-10-20-27-19(15-29-20)22(2,3)4/h6-9,11,13-16H,10,12H2,1-5H3,(H2,23,24,26). The largest absolute Gasteiger partial charge is 0.356 e. The Morgan fingerprint density at radius 3 is 2.76 bits per heavy atom. The molecular formula is C22H30N6S. The van der Waals surface area contributed by atoms with Crippen molar-refractivity contribution in [1.29, 1.82) is 0 Å². The van der Waals surface area contributed by atoms with E-state index in [4.69, 9.17) is 4.98 Å². The van der Waals surface area contributed by atoms with Crippen LogP contribution >= 0.6 is 11.3 Å². The Kier molecular flexibility index (Phi) is 6.69. The van der Waals surface area contributed by atoms with E-state index in [1.165, 1.54) is 5.56 Å². The van der Waals surface area contributed by atoms with Crippen LogP contribution in [-0.2, 0) is 11.8 Å². The van der Waals surface area contributed by atoms with E-state index >= 15 is 0 Å². The highest BCUT2D eigenvalue weighted by Crippen LogP contribution is 2.24. The van der Waals surface area contributed by atoms with Crippen LogP contribution in [0.15, 0.2) is 53.1 Å². The fourth-order valence-electron chi connectivity index (χ4n) is 2.90. The van der Waals surface area contributed by atoms with E-state index in [9.17, 15) is 0 Å². The van der Waals surface area contributed by atoms with Gasteiger partial charge in [0.15, 0.2) is 5.96 Å². The molecule has 1 atom stereocenters. The number of hydrogen-bond donors (Lipinski definition) is 2. The lowest BCUT2D eigenvalue weighted by atomic mass is 9.93. The first-order chi connectivity index (χ1) is 13.9. The number of aliphatic imine (C=N–C) groups is 1. The molecule has 0 radical (unpaired) electrons. The van der Waals surface area contributed by atoms with Crippen molar-refractivity contribution in [3.63, 3.8) is 0 Å². The summed E-state index contributed by atoms with van der Waals surface area (Å²) in [5.74, 6) is 0.787. The maximum atomic E-state index is 4.76. The Balaban J connectivity index is 1.55. The monoisotopic (exact) mass is 410 g/mol. The van der Waals surface area contributed by atoms with Gasteiger partial charge in [-0.15, -0.1) is 11.3 Å². The van der Waals surface area contributed by atoms with Crippen molar-refractivity contribution in [2.24, 2.45) is 4.99 Å². The van der Waals surface area contributed by atoms with Crippen LogP contribution in [0.5, 0.6) is 0 Å². The smallest absolute Gasteiger partial charge is 0.191 e. The van der Waals surface area contributed by atoms with Gasteiger partial charge in [0.1, 0.15) is 0 Å². The first-order valence-electron chi connectivity index (χ1n) is 9.89. The molecule has 2 N–H and O–H groups in total. The molecule has 0 aliphatic rings. The van der Waals surface area contributed by atoms with Gasteiger partial charge in [0.25, 0.3) is 0 Å². The summed E-state index contributed by atoms with van der Waals surface area (Å²) in [6, 6.07) is 10.4. The zero-order chi connectivity index (χ0) is 20.9. The number of aromatic nitrogens is 3. The molecular weight excluding hydrogens is 380 g/mol. The van der Waals surface area contributed by atoms with E-state index in [0.29, 0.717) is 0 Å². The number of thiazole rings is 1. The summed E-state index contributed by atoms with van der Waals surface area (Å²) in [4.78, 5) is 9.12. The van der Waals surface area contributed by atoms with Crippen LogP contribution in [0.25, 0.3) is 5.69 Å². The van der Waals surface area contributed by atoms with Gasteiger partial charge in [-0.25, -0.2) is 9.67 Å². The molecule has 0 aliphatic heterocycles. The van der Waals surface area contributed by atoms with E-state index in [1.807, 2.05) is 16.9 Å². The molecule has 3 rings (SSSR count). The Bertz CT molecular complexity index is 936. The predicted octanol–water partition coefficient (Wildman–Crippen LogP) is 4.10. The maximum absolute atomic E-state index is 4.76. The second kappa shape index (κ2) is 9.22. The minimum absolute atomic E-state index is 0.0971. The fourth-order valence-corrected chi connectivity index (χ4v) is 3.92. The van der Waals surface area contributed by atoms with Gasteiger partial charge in [0.05, 0.1) is 22.4 Å². The Hall–Kier alpha value is -2.67. The van der Waals surface area contributed by atoms with Crippen molar-refractivity contribution < 1.29 is 0 Å². The average molecular weight is 411 g/mol. The maximum Gasteiger partial charge on any atom is 0.191 e. The third kappa shape index (κ3) is 5.67. The third-order valence-corrected chi connectivity index (χ3v) is 5.58. The number of guanidine groups is 1. The van der Waals surface area contributed by atoms with E-state index < -0.39 is 0 Å². The predicted molar refractivity (Wildman–Crippen MR) is 121 cm³/mol. The molecule has 1 aromatic carbocycles. The second-order valence-corrected chi connectivity index (χ2v) is 8.98. The molecule has 7 heteroatoms. The molecule has 0 saturated heterocycles. The van der Waals surface area contributed by atoms with Gasteiger partial charge in [-0.3, -0.25) is 4.99 Å². The highest BCUT2D eigenvalue weighted by Gasteiger charge is 2.17. The molecule has 0 fully saturated rings. The van der Waals surface area contributed by atoms with Crippen molar-refractivity contribution >= 4 is 17.3 Å². The summed E-state index contributed by atoms with van der Waals surface area (Å²) in [7, 11) is 1.79. The number of benzene rings is 1. The zero-order valence-electron chi connectivity index (χ0n) is 17.8. The zero-order valence-corrected chi connectivity index (χ0v) is 18.6. The summed E-state index contributed by atoms with van der Waals surface area (Å²) in [5.41, 5.74) is 3.48. The van der Waals surface area contributed by atoms with Crippen molar-refractivity contribution in [3.05, 3.63) is 64.4 Å². The molecule has 29 heavy (non-hydrogen) atoms. The molecule has 1 unspecified atom stereocenters. The van der Waals surface area contributed by atoms with E-state index in [2.05, 4.69) is 78.1 Å². The summed E-state index contributed by atoms with van der Waals surface area (Å²) in [5, 5.41) is 14.5. The highest BCUT2D eigenvalue weighted by molar-refractivity contribution is 7.09. The molecule has 3 aromatic rings. The molecule has 0 aliphatic carbocycles. The van der Waals surface area contributed by atoms with Crippen LogP contribution in [0.4, 0.5) is 0 Å². The van der Waals surface area contributed by atoms with Crippen LogP contribution in [0.2, 0.25) is 0 Å². The van der Waals surface area contributed by atoms with Gasteiger partial charge < -0.3 is 10.6 Å². The third-order valence-electron chi connectivity index (χ3n) is 4.67. The van der Waals surface area contributed by atoms with Gasteiger partial charge in [0.2, 0.25) is 0 Å². The molecule has 6 nitrogen and oxygen atoms in total. The molecule has 2 heterocycles. The molecule has 0 saturated carbocycles. The molecule has 2 aromatic heterocycles. The molecule has 0 spiro atoms. The number of nitrogens with one attached hydrogen (secondary N) is 2. The van der Waals surface area contributed by atoms with Crippen molar-refractivity contribution in [3.8, 4) is 5.69 Å². The Morgan fingerprint density at radius 1 is 1.28 bits per heavy atom. The van der Waals surface area contributed by atoms with Gasteiger partial charge in [0, 0.05) is 43.2 Å². The van der Waals surface area contributed by atoms with E-state index in [0.717, 1.165) is 35.3 Å². The number of rotatable bonds is 6. The van der Waals surface area contributed by atoms with Crippen molar-refractivity contribution in [1.82, 2.24) is 25.4 Å². The summed E-state index contributed by atoms with van der Waals surface area (Å²) >= 11 is 1.73. The number of nitrogens with zero attached hydrogens (tertiary/aromatic N) is 4. The Labute approximate surface area is 177 Å². The Morgan fingerprint density at radius 2 is 2.10 bits per heavy atom. The van der Waals surface area contributed by atoms with Crippen LogP contribution < -0.4 is 10.6 Å². The van der Waals surface area contributed by atoms with Gasteiger partial charge in [-0.05, 0) is 30.7 Å². The second-order valence-electron chi connectivity index (χ2n) is 8.04. The van der Waals surface area contributed by atoms with Crippen LogP contribution in [0.1, 0.15) is 50.0 Å². The van der Waals surface area contributed by atoms with Crippen LogP contribution in [0.3, 0.4) is 0 Å². The number of hydrogen-bond acceptors (Lipinski definition) is 4. The lowest BCUT2D eigenvalue weighted by Gasteiger charge is -2.19. The minimum Gasteiger partial charge on any atom is -0.356 e. The topological polar surface area (TPSA) is 67.1 Å². The van der Waals surface area contributed by atoms with E-state index in [1.54, 1.807) is 24.6 Å². The molecule has 0 amide bonds. The SMILES string of the molecule is CN=C(NCCc1nc(C(C)(C)C)cs1)NC(C)c1cccc(-n2cccn2)c1. The van der Waals surface area contributed by atoms with Gasteiger partial charge in [-0.2, -0.15) is 5.10 Å². The van der Waals surface area contributed by atoms with Crippen LogP contribution in [-0.4, -0.2) is 34.3 Å². The quantitative estimate of drug-likeness (QED) is 0.474. The fraction of sp³-hybridized carbons (Fsp3) is 0.409. The summed E-state index contributed by atoms with van der Waals surface area (Å²) in [6.07, 6.45) is 4.61. The average Bonchev–Trinajstić information content (AvgIpc) is 3.39. The highest BCUT2D eigenvalue weighted by atomic mass is 32.1. The first kappa shape index (κ1) is 21.0. The van der Waals surface area contributed by atoms with E-state index in [-0.39, 0.29) is 11.5 Å². The van der Waals surface area contributed by atoms with Crippen LogP contribution in [0, 0.1) is 0 Å². The molecule has 0 bridgehead atoms. The van der Waals surface area contributed by atoms with Gasteiger partial charge >= 0.3 is 0 Å². The molecule has 154 valence electrons. The van der Waals surface area contributed by atoms with Crippen molar-refractivity contribution in [2.45, 2.75) is 45.6 Å². The normalized spacial score (nSPS) is 13.3. The lowest BCUT2D eigenvalue weighted by Crippen LogP contribution is -2.39. The first-order valence-corrected chi connectivity index (χ1v) is 10.8. The summed E-state index contributed by atoms with van der Waals surface area (Å²) in [6.45, 7) is 9.50. The lowest BCUT2D eigenvalue weighted by molar-refractivity contribution is 0.570. The minimum atomic E-state index is 0.0971.